The zero-order valence-electron chi connectivity index (χ0n) is 17.0. The van der Waals surface area contributed by atoms with E-state index in [1.54, 1.807) is 4.52 Å². The lowest BCUT2D eigenvalue weighted by Crippen LogP contribution is -2.49. The van der Waals surface area contributed by atoms with Gasteiger partial charge < -0.3 is 14.7 Å². The molecule has 8 nitrogen and oxygen atoms in total. The van der Waals surface area contributed by atoms with Crippen LogP contribution in [0, 0.1) is 6.92 Å². The Labute approximate surface area is 170 Å². The van der Waals surface area contributed by atoms with Crippen LogP contribution in [0.25, 0.3) is 5.65 Å². The topological polar surface area (TPSA) is 79.0 Å². The number of benzene rings is 1. The number of ether oxygens (including phenoxy) is 1. The monoisotopic (exact) mass is 396 g/mol. The number of rotatable bonds is 7. The van der Waals surface area contributed by atoms with Crippen molar-refractivity contribution in [2.24, 2.45) is 0 Å². The maximum Gasteiger partial charge on any atom is 0.178 e. The van der Waals surface area contributed by atoms with E-state index in [-0.39, 0.29) is 0 Å². The molecule has 1 atom stereocenters. The Kier molecular flexibility index (Phi) is 5.92. The highest BCUT2D eigenvalue weighted by atomic mass is 16.5. The number of aromatic nitrogens is 4. The van der Waals surface area contributed by atoms with E-state index in [1.165, 1.54) is 5.56 Å². The van der Waals surface area contributed by atoms with Crippen molar-refractivity contribution in [3.63, 3.8) is 0 Å². The average Bonchev–Trinajstić information content (AvgIpc) is 3.13. The number of piperazine rings is 1. The Hall–Kier alpha value is -2.71. The van der Waals surface area contributed by atoms with E-state index in [9.17, 15) is 5.11 Å². The molecule has 0 unspecified atom stereocenters. The molecule has 0 aliphatic carbocycles. The van der Waals surface area contributed by atoms with Crippen molar-refractivity contribution in [2.75, 3.05) is 44.2 Å². The molecule has 0 saturated carbocycles. The minimum atomic E-state index is -0.512. The fourth-order valence-corrected chi connectivity index (χ4v) is 3.58. The predicted molar refractivity (Wildman–Crippen MR) is 111 cm³/mol. The number of hydrogen-bond donors (Lipinski definition) is 1. The van der Waals surface area contributed by atoms with Crippen LogP contribution < -0.4 is 9.64 Å². The van der Waals surface area contributed by atoms with Gasteiger partial charge in [0.05, 0.1) is 0 Å². The van der Waals surface area contributed by atoms with Gasteiger partial charge in [-0.25, -0.2) is 0 Å². The third kappa shape index (κ3) is 4.65. The maximum absolute atomic E-state index is 10.4. The minimum absolute atomic E-state index is 0.302. The van der Waals surface area contributed by atoms with Crippen molar-refractivity contribution >= 4 is 11.5 Å². The number of aliphatic hydroxyl groups excluding tert-OH is 1. The zero-order chi connectivity index (χ0) is 20.2. The molecule has 0 bridgehead atoms. The fraction of sp³-hybridized carbons (Fsp3) is 0.476. The molecule has 154 valence electrons. The molecule has 29 heavy (non-hydrogen) atoms. The highest BCUT2D eigenvalue weighted by molar-refractivity contribution is 5.46. The molecule has 1 aliphatic rings. The van der Waals surface area contributed by atoms with E-state index in [0.717, 1.165) is 55.6 Å². The Bertz CT molecular complexity index is 934. The van der Waals surface area contributed by atoms with Gasteiger partial charge in [-0.15, -0.1) is 15.3 Å². The summed E-state index contributed by atoms with van der Waals surface area (Å²) >= 11 is 0. The Morgan fingerprint density at radius 2 is 1.79 bits per heavy atom. The van der Waals surface area contributed by atoms with Gasteiger partial charge in [0.2, 0.25) is 0 Å². The molecule has 1 saturated heterocycles. The summed E-state index contributed by atoms with van der Waals surface area (Å²) in [4.78, 5) is 4.53. The van der Waals surface area contributed by atoms with Crippen LogP contribution in [0.3, 0.4) is 0 Å². The van der Waals surface area contributed by atoms with Gasteiger partial charge in [-0.2, -0.15) is 4.52 Å². The molecule has 4 rings (SSSR count). The van der Waals surface area contributed by atoms with Gasteiger partial charge in [-0.05, 0) is 43.2 Å². The van der Waals surface area contributed by atoms with Crippen LogP contribution in [0.2, 0.25) is 0 Å². The lowest BCUT2D eigenvalue weighted by molar-refractivity contribution is 0.0662. The molecule has 1 aromatic carbocycles. The van der Waals surface area contributed by atoms with Crippen molar-refractivity contribution < 1.29 is 9.84 Å². The van der Waals surface area contributed by atoms with Crippen LogP contribution >= 0.6 is 0 Å². The first-order valence-corrected chi connectivity index (χ1v) is 10.2. The van der Waals surface area contributed by atoms with Crippen LogP contribution in [0.1, 0.15) is 18.3 Å². The largest absolute Gasteiger partial charge is 0.491 e. The summed E-state index contributed by atoms with van der Waals surface area (Å²) in [6, 6.07) is 12.0. The van der Waals surface area contributed by atoms with Crippen LogP contribution in [0.15, 0.2) is 36.4 Å². The first-order valence-electron chi connectivity index (χ1n) is 10.2. The number of anilines is 1. The third-order valence-electron chi connectivity index (χ3n) is 5.34. The zero-order valence-corrected chi connectivity index (χ0v) is 17.0. The molecule has 3 heterocycles. The molecule has 1 fully saturated rings. The maximum atomic E-state index is 10.4. The summed E-state index contributed by atoms with van der Waals surface area (Å²) in [6.07, 6.45) is 0.499. The van der Waals surface area contributed by atoms with Gasteiger partial charge in [-0.3, -0.25) is 4.90 Å². The van der Waals surface area contributed by atoms with E-state index in [1.807, 2.05) is 31.2 Å². The lowest BCUT2D eigenvalue weighted by Gasteiger charge is -2.36. The number of hydrogen-bond acceptors (Lipinski definition) is 7. The smallest absolute Gasteiger partial charge is 0.178 e. The molecule has 0 amide bonds. The van der Waals surface area contributed by atoms with Crippen LogP contribution in [0.5, 0.6) is 5.75 Å². The lowest BCUT2D eigenvalue weighted by atomic mass is 10.2. The quantitative estimate of drug-likeness (QED) is 0.649. The second kappa shape index (κ2) is 8.75. The first kappa shape index (κ1) is 19.6. The van der Waals surface area contributed by atoms with E-state index in [2.05, 4.69) is 44.2 Å². The average molecular weight is 396 g/mol. The summed E-state index contributed by atoms with van der Waals surface area (Å²) in [6.45, 7) is 8.43. The van der Waals surface area contributed by atoms with Gasteiger partial charge in [0, 0.05) is 32.7 Å². The standard InChI is InChI=1S/C21H28N6O2/c1-3-17-4-6-19(7-5-17)29-15-18(28)14-25-10-12-26(13-11-25)21-9-8-20-23-22-16(2)27(20)24-21/h4-9,18,28H,3,10-15H2,1-2H3/t18-/m0/s1. The van der Waals surface area contributed by atoms with Crippen molar-refractivity contribution in [1.29, 1.82) is 0 Å². The van der Waals surface area contributed by atoms with Crippen molar-refractivity contribution in [3.05, 3.63) is 47.8 Å². The van der Waals surface area contributed by atoms with E-state index < -0.39 is 6.10 Å². The molecule has 0 spiro atoms. The molecule has 0 radical (unpaired) electrons. The molecular formula is C21H28N6O2. The highest BCUT2D eigenvalue weighted by Gasteiger charge is 2.21. The van der Waals surface area contributed by atoms with Crippen molar-refractivity contribution in [3.8, 4) is 5.75 Å². The molecule has 3 aromatic rings. The molecule has 8 heteroatoms. The SMILES string of the molecule is CCc1ccc(OC[C@@H](O)CN2CCN(c3ccc4nnc(C)n4n3)CC2)cc1. The van der Waals surface area contributed by atoms with Crippen molar-refractivity contribution in [2.45, 2.75) is 26.4 Å². The first-order chi connectivity index (χ1) is 14.1. The van der Waals surface area contributed by atoms with Crippen LogP contribution in [-0.2, 0) is 6.42 Å². The van der Waals surface area contributed by atoms with Gasteiger partial charge >= 0.3 is 0 Å². The van der Waals surface area contributed by atoms with E-state index in [4.69, 9.17) is 4.74 Å². The fourth-order valence-electron chi connectivity index (χ4n) is 3.58. The van der Waals surface area contributed by atoms with Gasteiger partial charge in [0.1, 0.15) is 24.3 Å². The second-order valence-corrected chi connectivity index (χ2v) is 7.46. The van der Waals surface area contributed by atoms with Gasteiger partial charge in [0.15, 0.2) is 11.5 Å². The number of nitrogens with zero attached hydrogens (tertiary/aromatic N) is 6. The van der Waals surface area contributed by atoms with E-state index in [0.29, 0.717) is 13.2 Å². The summed E-state index contributed by atoms with van der Waals surface area (Å²) in [7, 11) is 0. The number of aryl methyl sites for hydroxylation is 2. The normalized spacial score (nSPS) is 16.3. The Balaban J connectivity index is 1.24. The number of aliphatic hydroxyl groups is 1. The molecule has 1 aliphatic heterocycles. The summed E-state index contributed by atoms with van der Waals surface area (Å²) in [5.74, 6) is 2.52. The van der Waals surface area contributed by atoms with Crippen LogP contribution in [-0.4, -0.2) is 75.3 Å². The minimum Gasteiger partial charge on any atom is -0.491 e. The summed E-state index contributed by atoms with van der Waals surface area (Å²) in [5, 5.41) is 23.2. The number of fused-ring (bicyclic) bond motifs is 1. The van der Waals surface area contributed by atoms with Gasteiger partial charge in [-0.1, -0.05) is 19.1 Å². The third-order valence-corrected chi connectivity index (χ3v) is 5.34. The molecule has 2 aromatic heterocycles. The molecular weight excluding hydrogens is 368 g/mol. The predicted octanol–water partition coefficient (Wildman–Crippen LogP) is 1.56. The van der Waals surface area contributed by atoms with Crippen LogP contribution in [0.4, 0.5) is 5.82 Å². The van der Waals surface area contributed by atoms with Gasteiger partial charge in [0.25, 0.3) is 0 Å². The number of β-amino-alcohol motifs (C(OH)–C–C–N with tert-alkyl or cyclic N) is 1. The van der Waals surface area contributed by atoms with E-state index >= 15 is 0 Å². The second-order valence-electron chi connectivity index (χ2n) is 7.46. The highest BCUT2D eigenvalue weighted by Crippen LogP contribution is 2.16. The molecule has 1 N–H and O–H groups in total. The summed E-state index contributed by atoms with van der Waals surface area (Å²) < 4.78 is 7.51. The summed E-state index contributed by atoms with van der Waals surface area (Å²) in [5.41, 5.74) is 2.04. The Morgan fingerprint density at radius 3 is 2.52 bits per heavy atom. The Morgan fingerprint density at radius 1 is 1.03 bits per heavy atom. The van der Waals surface area contributed by atoms with Crippen molar-refractivity contribution in [1.82, 2.24) is 24.7 Å².